The van der Waals surface area contributed by atoms with Crippen LogP contribution in [0.1, 0.15) is 54.0 Å². The largest absolute Gasteiger partial charge is 0.334 e. The highest BCUT2D eigenvalue weighted by molar-refractivity contribution is 6.39. The van der Waals surface area contributed by atoms with Crippen molar-refractivity contribution in [2.24, 2.45) is 11.8 Å². The molecule has 0 heterocycles. The summed E-state index contributed by atoms with van der Waals surface area (Å²) in [4.78, 5) is 26.7. The molecule has 1 aromatic rings. The lowest BCUT2D eigenvalue weighted by Gasteiger charge is -2.27. The fraction of sp³-hybridized carbons (Fsp3) is 0.600. The van der Waals surface area contributed by atoms with E-state index in [2.05, 4.69) is 26.1 Å². The lowest BCUT2D eigenvalue weighted by atomic mass is 9.86. The first-order valence-corrected chi connectivity index (χ1v) is 8.72. The van der Waals surface area contributed by atoms with Gasteiger partial charge in [-0.3, -0.25) is 9.59 Å². The number of rotatable bonds is 5. The maximum Gasteiger partial charge on any atom is 0.313 e. The van der Waals surface area contributed by atoms with Gasteiger partial charge in [-0.05, 0) is 28.9 Å². The molecule has 0 saturated heterocycles. The van der Waals surface area contributed by atoms with Crippen molar-refractivity contribution in [3.05, 3.63) is 29.8 Å². The Labute approximate surface area is 146 Å². The molecule has 4 heteroatoms. The fourth-order valence-corrected chi connectivity index (χ4v) is 2.69. The third-order valence-electron chi connectivity index (χ3n) is 3.64. The highest BCUT2D eigenvalue weighted by Gasteiger charge is 2.25. The van der Waals surface area contributed by atoms with Crippen LogP contribution in [-0.2, 0) is 15.0 Å². The van der Waals surface area contributed by atoms with Gasteiger partial charge < -0.3 is 10.2 Å². The Morgan fingerprint density at radius 3 is 1.96 bits per heavy atom. The summed E-state index contributed by atoms with van der Waals surface area (Å²) in [6.07, 6.45) is 0. The van der Waals surface area contributed by atoms with Crippen LogP contribution in [0.5, 0.6) is 0 Å². The normalized spacial score (nSPS) is 11.7. The van der Waals surface area contributed by atoms with Crippen LogP contribution < -0.4 is 5.32 Å². The van der Waals surface area contributed by atoms with Crippen molar-refractivity contribution < 1.29 is 9.59 Å². The third kappa shape index (κ3) is 5.99. The van der Waals surface area contributed by atoms with Crippen molar-refractivity contribution in [3.8, 4) is 0 Å². The maximum absolute atomic E-state index is 12.6. The van der Waals surface area contributed by atoms with Crippen molar-refractivity contribution in [1.29, 1.82) is 0 Å². The zero-order chi connectivity index (χ0) is 18.5. The summed E-state index contributed by atoms with van der Waals surface area (Å²) in [5.74, 6) is -0.376. The van der Waals surface area contributed by atoms with Gasteiger partial charge in [-0.25, -0.2) is 0 Å². The van der Waals surface area contributed by atoms with Crippen LogP contribution in [0.4, 0.5) is 5.69 Å². The molecule has 0 bridgehead atoms. The van der Waals surface area contributed by atoms with Crippen molar-refractivity contribution in [1.82, 2.24) is 4.90 Å². The molecule has 1 rings (SSSR count). The average Bonchev–Trinajstić information content (AvgIpc) is 2.44. The molecule has 0 spiro atoms. The van der Waals surface area contributed by atoms with Gasteiger partial charge in [0.15, 0.2) is 0 Å². The second-order valence-corrected chi connectivity index (χ2v) is 8.25. The monoisotopic (exact) mass is 332 g/mol. The van der Waals surface area contributed by atoms with E-state index in [0.717, 1.165) is 5.56 Å². The van der Waals surface area contributed by atoms with Gasteiger partial charge in [-0.1, -0.05) is 66.7 Å². The van der Waals surface area contributed by atoms with Gasteiger partial charge in [0, 0.05) is 18.8 Å². The van der Waals surface area contributed by atoms with E-state index in [4.69, 9.17) is 0 Å². The summed E-state index contributed by atoms with van der Waals surface area (Å²) in [7, 11) is 0. The molecule has 1 N–H and O–H groups in total. The average molecular weight is 332 g/mol. The predicted octanol–water partition coefficient (Wildman–Crippen LogP) is 4.06. The molecule has 24 heavy (non-hydrogen) atoms. The fourth-order valence-electron chi connectivity index (χ4n) is 2.69. The number of nitrogens with one attached hydrogen (secondary N) is 1. The van der Waals surface area contributed by atoms with E-state index >= 15 is 0 Å². The summed E-state index contributed by atoms with van der Waals surface area (Å²) in [5, 5.41) is 2.81. The zero-order valence-corrected chi connectivity index (χ0v) is 16.1. The van der Waals surface area contributed by atoms with E-state index in [1.807, 2.05) is 52.0 Å². The first-order chi connectivity index (χ1) is 11.0. The van der Waals surface area contributed by atoms with Crippen molar-refractivity contribution in [2.45, 2.75) is 53.9 Å². The molecule has 0 atom stereocenters. The molecule has 0 aliphatic carbocycles. The van der Waals surface area contributed by atoms with Gasteiger partial charge in [-0.2, -0.15) is 0 Å². The Hall–Kier alpha value is -1.84. The van der Waals surface area contributed by atoms with Crippen LogP contribution in [0.2, 0.25) is 0 Å². The minimum Gasteiger partial charge on any atom is -0.334 e. The molecule has 1 aromatic carbocycles. The Bertz CT molecular complexity index is 561. The van der Waals surface area contributed by atoms with Crippen molar-refractivity contribution >= 4 is 17.5 Å². The number of hydrogen-bond acceptors (Lipinski definition) is 2. The number of hydrogen-bond donors (Lipinski definition) is 1. The minimum absolute atomic E-state index is 0.109. The molecule has 4 nitrogen and oxygen atoms in total. The molecule has 0 radical (unpaired) electrons. The molecule has 134 valence electrons. The van der Waals surface area contributed by atoms with E-state index in [0.29, 0.717) is 30.6 Å². The van der Waals surface area contributed by atoms with Gasteiger partial charge in [0.1, 0.15) is 0 Å². The number of amides is 2. The minimum atomic E-state index is -0.562. The van der Waals surface area contributed by atoms with Gasteiger partial charge in [0.25, 0.3) is 0 Å². The van der Waals surface area contributed by atoms with Crippen LogP contribution in [-0.4, -0.2) is 29.8 Å². The Balaban J connectivity index is 2.95. The zero-order valence-electron chi connectivity index (χ0n) is 16.1. The molecule has 0 aliphatic rings. The SMILES string of the molecule is CC(C)CN(CC(C)C)C(=O)C(=O)Nc1ccccc1C(C)(C)C. The van der Waals surface area contributed by atoms with Crippen LogP contribution in [0.15, 0.2) is 24.3 Å². The molecule has 0 unspecified atom stereocenters. The van der Waals surface area contributed by atoms with E-state index in [-0.39, 0.29) is 5.41 Å². The summed E-state index contributed by atoms with van der Waals surface area (Å²) >= 11 is 0. The smallest absolute Gasteiger partial charge is 0.313 e. The molecular weight excluding hydrogens is 300 g/mol. The first-order valence-electron chi connectivity index (χ1n) is 8.72. The van der Waals surface area contributed by atoms with E-state index in [1.54, 1.807) is 4.90 Å². The number of carbonyl (C=O) groups excluding carboxylic acids is 2. The molecular formula is C20H32N2O2. The quantitative estimate of drug-likeness (QED) is 0.827. The summed E-state index contributed by atoms with van der Waals surface area (Å²) in [5.41, 5.74) is 1.62. The molecule has 0 saturated carbocycles. The van der Waals surface area contributed by atoms with Gasteiger partial charge in [0.2, 0.25) is 0 Å². The van der Waals surface area contributed by atoms with Gasteiger partial charge >= 0.3 is 11.8 Å². The van der Waals surface area contributed by atoms with Crippen LogP contribution in [0.25, 0.3) is 0 Å². The number of carbonyl (C=O) groups is 2. The van der Waals surface area contributed by atoms with Crippen molar-refractivity contribution in [3.63, 3.8) is 0 Å². The molecule has 0 aliphatic heterocycles. The van der Waals surface area contributed by atoms with Gasteiger partial charge in [0.05, 0.1) is 0 Å². The second-order valence-electron chi connectivity index (χ2n) is 8.25. The summed E-state index contributed by atoms with van der Waals surface area (Å²) < 4.78 is 0. The number of para-hydroxylation sites is 1. The number of anilines is 1. The van der Waals surface area contributed by atoms with Gasteiger partial charge in [-0.15, -0.1) is 0 Å². The standard InChI is InChI=1S/C20H32N2O2/c1-14(2)12-22(13-15(3)4)19(24)18(23)21-17-11-9-8-10-16(17)20(5,6)7/h8-11,14-15H,12-13H2,1-7H3,(H,21,23). The summed E-state index contributed by atoms with van der Waals surface area (Å²) in [6, 6.07) is 7.65. The highest BCUT2D eigenvalue weighted by Crippen LogP contribution is 2.29. The van der Waals surface area contributed by atoms with E-state index < -0.39 is 11.8 Å². The highest BCUT2D eigenvalue weighted by atomic mass is 16.2. The predicted molar refractivity (Wildman–Crippen MR) is 100 cm³/mol. The molecule has 0 fully saturated rings. The number of benzene rings is 1. The van der Waals surface area contributed by atoms with Crippen LogP contribution in [0.3, 0.4) is 0 Å². The first kappa shape index (κ1) is 20.2. The topological polar surface area (TPSA) is 49.4 Å². The van der Waals surface area contributed by atoms with Crippen LogP contribution in [0, 0.1) is 11.8 Å². The lowest BCUT2D eigenvalue weighted by molar-refractivity contribution is -0.143. The molecule has 0 aromatic heterocycles. The second kappa shape index (κ2) is 8.32. The Kier molecular flexibility index (Phi) is 7.00. The van der Waals surface area contributed by atoms with E-state index in [1.165, 1.54) is 0 Å². The summed E-state index contributed by atoms with van der Waals surface area (Å²) in [6.45, 7) is 15.6. The Morgan fingerprint density at radius 2 is 1.50 bits per heavy atom. The van der Waals surface area contributed by atoms with Crippen LogP contribution >= 0.6 is 0 Å². The molecule has 2 amide bonds. The lowest BCUT2D eigenvalue weighted by Crippen LogP contribution is -2.43. The third-order valence-corrected chi connectivity index (χ3v) is 3.64. The Morgan fingerprint density at radius 1 is 1.00 bits per heavy atom. The maximum atomic E-state index is 12.6. The van der Waals surface area contributed by atoms with Crippen molar-refractivity contribution in [2.75, 3.05) is 18.4 Å². The number of nitrogens with zero attached hydrogens (tertiary/aromatic N) is 1. The van der Waals surface area contributed by atoms with E-state index in [9.17, 15) is 9.59 Å².